The lowest BCUT2D eigenvalue weighted by atomic mass is 10.5. The topological polar surface area (TPSA) is 55.4 Å². The molecule has 0 saturated heterocycles. The van der Waals surface area contributed by atoms with E-state index >= 15 is 0 Å². The third-order valence-electron chi connectivity index (χ3n) is 1.63. The van der Waals surface area contributed by atoms with Crippen LogP contribution in [-0.4, -0.2) is 41.4 Å². The van der Waals surface area contributed by atoms with E-state index in [0.717, 1.165) is 0 Å². The lowest BCUT2D eigenvalue weighted by Gasteiger charge is -2.00. The molecule has 0 aliphatic carbocycles. The van der Waals surface area contributed by atoms with Gasteiger partial charge in [0.2, 0.25) is 0 Å². The first-order valence-corrected chi connectivity index (χ1v) is 6.58. The van der Waals surface area contributed by atoms with Crippen LogP contribution in [0.15, 0.2) is 12.2 Å². The maximum atomic E-state index is 11.0. The number of hydrogen-bond acceptors (Lipinski definition) is 4. The molecule has 0 aromatic rings. The van der Waals surface area contributed by atoms with Gasteiger partial charge in [0, 0.05) is 41.5 Å². The van der Waals surface area contributed by atoms with Gasteiger partial charge in [0.05, 0.1) is 6.61 Å². The van der Waals surface area contributed by atoms with Crippen LogP contribution >= 0.6 is 0 Å². The van der Waals surface area contributed by atoms with Crippen LogP contribution in [0.2, 0.25) is 0 Å². The molecular formula is C10H19NO3S. The molecule has 0 aromatic heterocycles. The van der Waals surface area contributed by atoms with Crippen molar-refractivity contribution >= 4 is 16.8 Å². The minimum absolute atomic E-state index is 0.323. The first kappa shape index (κ1) is 14.3. The molecule has 0 radical (unpaired) electrons. The second-order valence-corrected chi connectivity index (χ2v) is 4.66. The largest absolute Gasteiger partial charge is 0.463 e. The molecule has 15 heavy (non-hydrogen) atoms. The monoisotopic (exact) mass is 233 g/mol. The average molecular weight is 233 g/mol. The van der Waals surface area contributed by atoms with Gasteiger partial charge in [0.1, 0.15) is 0 Å². The summed E-state index contributed by atoms with van der Waals surface area (Å²) in [5.41, 5.74) is 0. The zero-order valence-electron chi connectivity index (χ0n) is 9.32. The van der Waals surface area contributed by atoms with Gasteiger partial charge in [-0.15, -0.1) is 0 Å². The van der Waals surface area contributed by atoms with Gasteiger partial charge in [-0.3, -0.25) is 4.21 Å². The van der Waals surface area contributed by atoms with E-state index in [1.807, 2.05) is 6.92 Å². The van der Waals surface area contributed by atoms with Crippen LogP contribution in [0.1, 0.15) is 13.8 Å². The Bertz CT molecular complexity index is 229. The molecule has 5 heteroatoms. The summed E-state index contributed by atoms with van der Waals surface area (Å²) in [5.74, 6) is 1.03. The summed E-state index contributed by atoms with van der Waals surface area (Å²) in [7, 11) is -0.722. The Morgan fingerprint density at radius 1 is 1.47 bits per heavy atom. The highest BCUT2D eigenvalue weighted by molar-refractivity contribution is 7.84. The summed E-state index contributed by atoms with van der Waals surface area (Å²) in [6, 6.07) is 0. The number of carbonyl (C=O) groups excluding carboxylic acids is 1. The first-order chi connectivity index (χ1) is 7.20. The Hall–Kier alpha value is -0.680. The predicted molar refractivity (Wildman–Crippen MR) is 62.2 cm³/mol. The highest BCUT2D eigenvalue weighted by Gasteiger charge is 1.94. The van der Waals surface area contributed by atoms with Crippen molar-refractivity contribution in [3.8, 4) is 0 Å². The van der Waals surface area contributed by atoms with Gasteiger partial charge in [-0.25, -0.2) is 4.79 Å². The average Bonchev–Trinajstić information content (AvgIpc) is 2.23. The summed E-state index contributed by atoms with van der Waals surface area (Å²) in [6.07, 6.45) is 3.10. The molecule has 88 valence electrons. The quantitative estimate of drug-likeness (QED) is 0.376. The van der Waals surface area contributed by atoms with Crippen LogP contribution in [0.5, 0.6) is 0 Å². The Morgan fingerprint density at radius 2 is 2.20 bits per heavy atom. The van der Waals surface area contributed by atoms with Crippen LogP contribution in [0.25, 0.3) is 0 Å². The summed E-state index contributed by atoms with van der Waals surface area (Å²) in [6.45, 7) is 5.36. The van der Waals surface area contributed by atoms with Crippen molar-refractivity contribution in [1.82, 2.24) is 5.32 Å². The Labute approximate surface area is 93.5 Å². The van der Waals surface area contributed by atoms with Gasteiger partial charge in [-0.1, -0.05) is 13.0 Å². The molecule has 0 rings (SSSR count). The molecule has 4 nitrogen and oxygen atoms in total. The van der Waals surface area contributed by atoms with Gasteiger partial charge < -0.3 is 10.1 Å². The van der Waals surface area contributed by atoms with E-state index in [9.17, 15) is 9.00 Å². The number of carbonyl (C=O) groups is 1. The minimum atomic E-state index is -0.722. The molecule has 0 aliphatic heterocycles. The molecule has 1 N–H and O–H groups in total. The van der Waals surface area contributed by atoms with Crippen LogP contribution < -0.4 is 5.32 Å². The highest BCUT2D eigenvalue weighted by atomic mass is 32.2. The van der Waals surface area contributed by atoms with Crippen LogP contribution in [0, 0.1) is 0 Å². The number of rotatable bonds is 8. The number of esters is 1. The van der Waals surface area contributed by atoms with Crippen molar-refractivity contribution in [2.24, 2.45) is 0 Å². The van der Waals surface area contributed by atoms with Gasteiger partial charge in [0.15, 0.2) is 0 Å². The summed E-state index contributed by atoms with van der Waals surface area (Å²) >= 11 is 0. The lowest BCUT2D eigenvalue weighted by Crippen LogP contribution is -2.21. The van der Waals surface area contributed by atoms with E-state index in [1.54, 1.807) is 13.0 Å². The fraction of sp³-hybridized carbons (Fsp3) is 0.700. The van der Waals surface area contributed by atoms with Crippen molar-refractivity contribution in [1.29, 1.82) is 0 Å². The SMILES string of the molecule is CCOC(=O)/C=C/CNCCS(=O)CC. The lowest BCUT2D eigenvalue weighted by molar-refractivity contribution is -0.137. The standard InChI is InChI=1S/C10H19NO3S/c1-3-14-10(12)6-5-7-11-8-9-15(13)4-2/h5-6,11H,3-4,7-9H2,1-2H3/b6-5+. The summed E-state index contributed by atoms with van der Waals surface area (Å²) < 4.78 is 15.7. The Morgan fingerprint density at radius 3 is 2.80 bits per heavy atom. The fourth-order valence-electron chi connectivity index (χ4n) is 0.861. The molecule has 0 bridgehead atoms. The Kier molecular flexibility index (Phi) is 9.41. The van der Waals surface area contributed by atoms with Crippen LogP contribution in [0.4, 0.5) is 0 Å². The van der Waals surface area contributed by atoms with Crippen molar-refractivity contribution in [2.75, 3.05) is 31.2 Å². The fourth-order valence-corrected chi connectivity index (χ4v) is 1.52. The zero-order valence-corrected chi connectivity index (χ0v) is 10.1. The van der Waals surface area contributed by atoms with E-state index < -0.39 is 10.8 Å². The predicted octanol–water partition coefficient (Wildman–Crippen LogP) is 0.464. The van der Waals surface area contributed by atoms with Gasteiger partial charge in [-0.2, -0.15) is 0 Å². The van der Waals surface area contributed by atoms with E-state index in [-0.39, 0.29) is 5.97 Å². The maximum Gasteiger partial charge on any atom is 0.330 e. The number of nitrogens with one attached hydrogen (secondary N) is 1. The molecule has 0 amide bonds. The van der Waals surface area contributed by atoms with E-state index in [1.165, 1.54) is 6.08 Å². The molecule has 1 unspecified atom stereocenters. The highest BCUT2D eigenvalue weighted by Crippen LogP contribution is 1.81. The van der Waals surface area contributed by atoms with Crippen molar-refractivity contribution in [2.45, 2.75) is 13.8 Å². The van der Waals surface area contributed by atoms with E-state index in [4.69, 9.17) is 4.74 Å². The maximum absolute atomic E-state index is 11.0. The van der Waals surface area contributed by atoms with Gasteiger partial charge in [0.25, 0.3) is 0 Å². The molecule has 0 aromatic carbocycles. The summed E-state index contributed by atoms with van der Waals surface area (Å²) in [5, 5.41) is 3.06. The number of hydrogen-bond donors (Lipinski definition) is 1. The first-order valence-electron chi connectivity index (χ1n) is 5.09. The molecular weight excluding hydrogens is 214 g/mol. The van der Waals surface area contributed by atoms with Crippen molar-refractivity contribution in [3.05, 3.63) is 12.2 Å². The van der Waals surface area contributed by atoms with Gasteiger partial charge in [-0.05, 0) is 6.92 Å². The summed E-state index contributed by atoms with van der Waals surface area (Å²) in [4.78, 5) is 10.8. The van der Waals surface area contributed by atoms with Crippen LogP contribution in [-0.2, 0) is 20.3 Å². The molecule has 0 aliphatic rings. The third kappa shape index (κ3) is 9.62. The minimum Gasteiger partial charge on any atom is -0.463 e. The number of ether oxygens (including phenoxy) is 1. The smallest absolute Gasteiger partial charge is 0.330 e. The van der Waals surface area contributed by atoms with E-state index in [0.29, 0.717) is 31.2 Å². The third-order valence-corrected chi connectivity index (χ3v) is 2.93. The normalized spacial score (nSPS) is 12.9. The molecule has 1 atom stereocenters. The second kappa shape index (κ2) is 9.86. The van der Waals surface area contributed by atoms with Crippen molar-refractivity contribution < 1.29 is 13.7 Å². The van der Waals surface area contributed by atoms with Crippen LogP contribution in [0.3, 0.4) is 0 Å². The molecule has 0 fully saturated rings. The molecule has 0 saturated carbocycles. The van der Waals surface area contributed by atoms with Crippen molar-refractivity contribution in [3.63, 3.8) is 0 Å². The molecule has 0 spiro atoms. The van der Waals surface area contributed by atoms with Gasteiger partial charge >= 0.3 is 5.97 Å². The zero-order chi connectivity index (χ0) is 11.5. The second-order valence-electron chi connectivity index (χ2n) is 2.79. The Balaban J connectivity index is 3.38. The molecule has 0 heterocycles. The van der Waals surface area contributed by atoms with E-state index in [2.05, 4.69) is 5.32 Å².